The number of fused-ring (bicyclic) bond motifs is 1. The number of benzene rings is 5. The van der Waals surface area contributed by atoms with Crippen molar-refractivity contribution in [1.29, 1.82) is 0 Å². The number of hydrogen-bond donors (Lipinski definition) is 3. The van der Waals surface area contributed by atoms with Crippen LogP contribution in [-0.4, -0.2) is 82.7 Å². The van der Waals surface area contributed by atoms with E-state index < -0.39 is 52.6 Å². The Hall–Kier alpha value is -7.19. The normalized spacial score (nSPS) is 15.9. The van der Waals surface area contributed by atoms with Gasteiger partial charge in [-0.2, -0.15) is 10.3 Å². The van der Waals surface area contributed by atoms with Crippen molar-refractivity contribution in [1.82, 2.24) is 30.6 Å². The predicted molar refractivity (Wildman–Crippen MR) is 276 cm³/mol. The highest BCUT2D eigenvalue weighted by Gasteiger charge is 2.55. The lowest BCUT2D eigenvalue weighted by Crippen LogP contribution is -2.71. The number of thiazole rings is 1. The molecule has 15 nitrogen and oxygen atoms in total. The fourth-order valence-electron chi connectivity index (χ4n) is 7.90. The lowest BCUT2D eigenvalue weighted by molar-refractivity contribution is -0.154. The summed E-state index contributed by atoms with van der Waals surface area (Å²) in [5, 5.41) is 23.0. The van der Waals surface area contributed by atoms with Crippen LogP contribution in [0.2, 0.25) is 0 Å². The van der Waals surface area contributed by atoms with Crippen LogP contribution in [-0.2, 0) is 34.3 Å². The number of rotatable bonds is 17. The second kappa shape index (κ2) is 21.8. The molecule has 9 rings (SSSR count). The van der Waals surface area contributed by atoms with E-state index in [9.17, 15) is 19.2 Å². The summed E-state index contributed by atoms with van der Waals surface area (Å²) in [4.78, 5) is 70.5. The van der Waals surface area contributed by atoms with Gasteiger partial charge in [-0.05, 0) is 31.9 Å². The number of aromatic nitrogens is 4. The molecule has 19 heteroatoms. The molecular formula is C52H46N8O7S4. The summed E-state index contributed by atoms with van der Waals surface area (Å²) in [6, 6.07) is 46.2. The molecule has 3 N–H and O–H groups in total. The standard InChI is InChI=1S/C52H46N8O7S4/c1-51(2,3)66-50(64)56-49-54-38(30-69-49)41(58-67-52(35-23-13-6-14-24-35,36-25-15-7-16-26-36)37-27-17-8-18-28-37)45(61)55-42-46(62)60-43(39(31-68-47(42)60)70-32-71-40-29-53-59-57-40)48(63)65-44(33-19-9-4-10-20-33)34-21-11-5-12-22-34/h4-30,42,44,47H,31-32H2,1-3H3,(H,55,61)(H,53,57,59)(H,54,56,64). The minimum Gasteiger partial charge on any atom is -0.448 e. The molecule has 0 spiro atoms. The first-order valence-corrected chi connectivity index (χ1v) is 26.2. The van der Waals surface area contributed by atoms with Crippen LogP contribution in [0, 0.1) is 0 Å². The number of thioether (sulfide) groups is 3. The molecule has 7 aromatic rings. The van der Waals surface area contributed by atoms with Gasteiger partial charge in [0, 0.05) is 32.7 Å². The smallest absolute Gasteiger partial charge is 0.413 e. The van der Waals surface area contributed by atoms with E-state index in [2.05, 4.69) is 36.2 Å². The molecule has 2 aliphatic heterocycles. The first-order valence-electron chi connectivity index (χ1n) is 22.3. The Morgan fingerprint density at radius 3 is 1.92 bits per heavy atom. The van der Waals surface area contributed by atoms with Gasteiger partial charge < -0.3 is 19.6 Å². The van der Waals surface area contributed by atoms with Crippen LogP contribution in [0.15, 0.2) is 184 Å². The van der Waals surface area contributed by atoms with Crippen LogP contribution in [0.1, 0.15) is 60.4 Å². The molecule has 0 aliphatic carbocycles. The first kappa shape index (κ1) is 48.8. The third kappa shape index (κ3) is 11.1. The van der Waals surface area contributed by atoms with Crippen LogP contribution >= 0.6 is 46.6 Å². The number of carbonyl (C=O) groups excluding carboxylic acids is 4. The monoisotopic (exact) mass is 1020 g/mol. The largest absolute Gasteiger partial charge is 0.448 e. The Kier molecular flexibility index (Phi) is 15.0. The molecule has 0 saturated carbocycles. The molecular weight excluding hydrogens is 977 g/mol. The van der Waals surface area contributed by atoms with E-state index in [1.54, 1.807) is 32.3 Å². The number of nitrogens with zero attached hydrogens (tertiary/aromatic N) is 5. The van der Waals surface area contributed by atoms with Gasteiger partial charge in [0.25, 0.3) is 11.8 Å². The third-order valence-corrected chi connectivity index (χ3v) is 15.4. The van der Waals surface area contributed by atoms with Gasteiger partial charge in [-0.3, -0.25) is 19.8 Å². The highest BCUT2D eigenvalue weighted by molar-refractivity contribution is 8.18. The number of aromatic amines is 1. The van der Waals surface area contributed by atoms with Crippen LogP contribution in [0.25, 0.3) is 0 Å². The summed E-state index contributed by atoms with van der Waals surface area (Å²) >= 11 is 5.28. The Balaban J connectivity index is 1.05. The van der Waals surface area contributed by atoms with Gasteiger partial charge in [0.05, 0.1) is 11.3 Å². The van der Waals surface area contributed by atoms with Crippen LogP contribution < -0.4 is 10.6 Å². The summed E-state index contributed by atoms with van der Waals surface area (Å²) in [7, 11) is 0. The average molecular weight is 1020 g/mol. The van der Waals surface area contributed by atoms with Crippen molar-refractivity contribution < 1.29 is 33.5 Å². The number of amides is 3. The number of esters is 1. The number of ether oxygens (including phenoxy) is 2. The lowest BCUT2D eigenvalue weighted by Gasteiger charge is -2.49. The van der Waals surface area contributed by atoms with E-state index in [1.807, 2.05) is 152 Å². The fourth-order valence-corrected chi connectivity index (χ4v) is 12.1. The number of H-pyrrole nitrogens is 1. The summed E-state index contributed by atoms with van der Waals surface area (Å²) in [6.45, 7) is 5.22. The van der Waals surface area contributed by atoms with Gasteiger partial charge in [0.1, 0.15) is 33.4 Å². The zero-order valence-electron chi connectivity index (χ0n) is 38.5. The Bertz CT molecular complexity index is 2890. The summed E-state index contributed by atoms with van der Waals surface area (Å²) in [5.41, 5.74) is 1.37. The quantitative estimate of drug-likeness (QED) is 0.0149. The minimum atomic E-state index is -1.39. The van der Waals surface area contributed by atoms with Crippen molar-refractivity contribution in [2.75, 3.05) is 16.2 Å². The van der Waals surface area contributed by atoms with Crippen LogP contribution in [0.5, 0.6) is 0 Å². The molecule has 2 aromatic heterocycles. The Morgan fingerprint density at radius 2 is 1.38 bits per heavy atom. The van der Waals surface area contributed by atoms with Crippen LogP contribution in [0.3, 0.4) is 0 Å². The molecule has 360 valence electrons. The van der Waals surface area contributed by atoms with Gasteiger partial charge >= 0.3 is 12.1 Å². The number of nitrogens with one attached hydrogen (secondary N) is 3. The molecule has 5 aromatic carbocycles. The zero-order chi connectivity index (χ0) is 49.4. The maximum Gasteiger partial charge on any atom is 0.413 e. The number of β-lactam (4-membered cyclic amide) rings is 1. The van der Waals surface area contributed by atoms with E-state index in [1.165, 1.54) is 40.2 Å². The van der Waals surface area contributed by atoms with Gasteiger partial charge in [-0.1, -0.05) is 169 Å². The lowest BCUT2D eigenvalue weighted by atomic mass is 9.80. The SMILES string of the molecule is CC(C)(C)OC(=O)Nc1nc(C(=NOC(c2ccccc2)(c2ccccc2)c2ccccc2)C(=O)NC2C(=O)N3C(C(=O)OC(c4ccccc4)c4ccccc4)=C(SCSc4cn[nH]n4)CSC23)cs1. The predicted octanol–water partition coefficient (Wildman–Crippen LogP) is 9.75. The number of hydrogen-bond acceptors (Lipinski definition) is 15. The highest BCUT2D eigenvalue weighted by Crippen LogP contribution is 2.46. The van der Waals surface area contributed by atoms with Crippen molar-refractivity contribution >= 4 is 81.3 Å². The second-order valence-electron chi connectivity index (χ2n) is 16.9. The summed E-state index contributed by atoms with van der Waals surface area (Å²) < 4.78 is 11.8. The van der Waals surface area contributed by atoms with Gasteiger partial charge in [0.2, 0.25) is 5.60 Å². The van der Waals surface area contributed by atoms with E-state index in [-0.39, 0.29) is 22.2 Å². The second-order valence-corrected chi connectivity index (χ2v) is 21.3. The van der Waals surface area contributed by atoms with Crippen molar-refractivity contribution in [2.24, 2.45) is 5.16 Å². The van der Waals surface area contributed by atoms with E-state index in [0.29, 0.717) is 20.8 Å². The highest BCUT2D eigenvalue weighted by atomic mass is 32.2. The summed E-state index contributed by atoms with van der Waals surface area (Å²) in [6.07, 6.45) is 0.0856. The first-order chi connectivity index (χ1) is 34.5. The van der Waals surface area contributed by atoms with Crippen molar-refractivity contribution in [3.05, 3.63) is 207 Å². The topological polar surface area (TPSA) is 190 Å². The molecule has 3 amide bonds. The molecule has 2 unspecified atom stereocenters. The third-order valence-electron chi connectivity index (χ3n) is 11.1. The maximum atomic E-state index is 14.9. The maximum absolute atomic E-state index is 14.9. The molecule has 2 atom stereocenters. The Labute approximate surface area is 426 Å². The summed E-state index contributed by atoms with van der Waals surface area (Å²) in [5.74, 6) is -1.67. The Morgan fingerprint density at radius 1 is 0.817 bits per heavy atom. The van der Waals surface area contributed by atoms with Crippen molar-refractivity contribution in [2.45, 2.75) is 54.5 Å². The van der Waals surface area contributed by atoms with E-state index in [0.717, 1.165) is 39.2 Å². The fraction of sp³-hybridized carbons (Fsp3) is 0.192. The van der Waals surface area contributed by atoms with Gasteiger partial charge in [0.15, 0.2) is 16.9 Å². The van der Waals surface area contributed by atoms with Crippen LogP contribution in [0.4, 0.5) is 9.93 Å². The van der Waals surface area contributed by atoms with Gasteiger partial charge in [-0.25, -0.2) is 14.6 Å². The number of oxime groups is 1. The average Bonchev–Trinajstić information content (AvgIpc) is 4.09. The number of anilines is 1. The van der Waals surface area contributed by atoms with Crippen molar-refractivity contribution in [3.8, 4) is 0 Å². The zero-order valence-corrected chi connectivity index (χ0v) is 41.7. The van der Waals surface area contributed by atoms with Gasteiger partial charge in [-0.15, -0.1) is 40.0 Å². The molecule has 0 bridgehead atoms. The molecule has 1 saturated heterocycles. The number of carbonyl (C=O) groups is 4. The van der Waals surface area contributed by atoms with Crippen molar-refractivity contribution in [3.63, 3.8) is 0 Å². The molecule has 1 fully saturated rings. The molecule has 4 heterocycles. The van der Waals surface area contributed by atoms with E-state index in [4.69, 9.17) is 14.3 Å². The molecule has 71 heavy (non-hydrogen) atoms. The molecule has 0 radical (unpaired) electrons. The minimum absolute atomic E-state index is 0.0573. The molecule has 2 aliphatic rings. The van der Waals surface area contributed by atoms with E-state index >= 15 is 0 Å².